The number of hydrogen-bond donors (Lipinski definition) is 2. The van der Waals surface area contributed by atoms with Crippen LogP contribution in [-0.4, -0.2) is 30.5 Å². The lowest BCUT2D eigenvalue weighted by molar-refractivity contribution is -0.138. The Morgan fingerprint density at radius 3 is 2.81 bits per heavy atom. The topological polar surface area (TPSA) is 89.6 Å². The summed E-state index contributed by atoms with van der Waals surface area (Å²) >= 11 is 0. The number of nitrogens with two attached hydrogens (primary N) is 1. The first kappa shape index (κ1) is 12.2. The van der Waals surface area contributed by atoms with Crippen LogP contribution in [0.4, 0.5) is 0 Å². The number of carboxylic acids is 1. The molecular formula is C11H13NO4. The van der Waals surface area contributed by atoms with Crippen molar-refractivity contribution >= 4 is 12.3 Å². The van der Waals surface area contributed by atoms with Crippen LogP contribution in [0.1, 0.15) is 15.9 Å². The number of aliphatic carboxylic acids is 1. The number of carbonyl (C=O) groups excluding carboxylic acids is 1. The molecule has 5 nitrogen and oxygen atoms in total. The molecule has 1 unspecified atom stereocenters. The van der Waals surface area contributed by atoms with Crippen LogP contribution >= 0.6 is 0 Å². The zero-order chi connectivity index (χ0) is 12.1. The van der Waals surface area contributed by atoms with E-state index < -0.39 is 12.0 Å². The van der Waals surface area contributed by atoms with Gasteiger partial charge in [-0.15, -0.1) is 0 Å². The highest BCUT2D eigenvalue weighted by Gasteiger charge is 2.14. The number of carbonyl (C=O) groups is 2. The Labute approximate surface area is 92.8 Å². The molecule has 0 heterocycles. The summed E-state index contributed by atoms with van der Waals surface area (Å²) in [7, 11) is 1.49. The number of rotatable bonds is 5. The zero-order valence-corrected chi connectivity index (χ0v) is 8.84. The SMILES string of the molecule is COc1ccc(CC(N)C(=O)O)c(C=O)c1. The number of hydrogen-bond acceptors (Lipinski definition) is 4. The van der Waals surface area contributed by atoms with Crippen molar-refractivity contribution in [1.82, 2.24) is 0 Å². The first-order valence-electron chi connectivity index (χ1n) is 4.69. The molecule has 5 heteroatoms. The smallest absolute Gasteiger partial charge is 0.320 e. The molecule has 0 radical (unpaired) electrons. The normalized spacial score (nSPS) is 11.9. The quantitative estimate of drug-likeness (QED) is 0.708. The van der Waals surface area contributed by atoms with Gasteiger partial charge in [0.05, 0.1) is 7.11 Å². The van der Waals surface area contributed by atoms with Gasteiger partial charge >= 0.3 is 5.97 Å². The largest absolute Gasteiger partial charge is 0.497 e. The molecule has 0 saturated heterocycles. The van der Waals surface area contributed by atoms with Crippen molar-refractivity contribution in [3.63, 3.8) is 0 Å². The molecule has 1 atom stereocenters. The van der Waals surface area contributed by atoms with Crippen LogP contribution in [0.3, 0.4) is 0 Å². The van der Waals surface area contributed by atoms with E-state index in [1.807, 2.05) is 0 Å². The molecular weight excluding hydrogens is 210 g/mol. The molecule has 0 amide bonds. The average molecular weight is 223 g/mol. The fourth-order valence-corrected chi connectivity index (χ4v) is 1.32. The molecule has 0 aliphatic rings. The van der Waals surface area contributed by atoms with Crippen LogP contribution in [0.5, 0.6) is 5.75 Å². The van der Waals surface area contributed by atoms with Gasteiger partial charge in [-0.05, 0) is 24.1 Å². The van der Waals surface area contributed by atoms with E-state index in [9.17, 15) is 9.59 Å². The van der Waals surface area contributed by atoms with E-state index in [2.05, 4.69) is 0 Å². The van der Waals surface area contributed by atoms with Crippen molar-refractivity contribution in [2.45, 2.75) is 12.5 Å². The van der Waals surface area contributed by atoms with E-state index in [0.29, 0.717) is 23.2 Å². The Morgan fingerprint density at radius 1 is 1.62 bits per heavy atom. The Morgan fingerprint density at radius 2 is 2.31 bits per heavy atom. The van der Waals surface area contributed by atoms with E-state index in [1.165, 1.54) is 7.11 Å². The van der Waals surface area contributed by atoms with Gasteiger partial charge in [0, 0.05) is 5.56 Å². The van der Waals surface area contributed by atoms with Crippen LogP contribution in [-0.2, 0) is 11.2 Å². The Bertz CT molecular complexity index is 403. The molecule has 0 aliphatic carbocycles. The maximum atomic E-state index is 10.8. The summed E-state index contributed by atoms with van der Waals surface area (Å²) in [6, 6.07) is 3.85. The monoisotopic (exact) mass is 223 g/mol. The van der Waals surface area contributed by atoms with Gasteiger partial charge in [-0.25, -0.2) is 0 Å². The number of methoxy groups -OCH3 is 1. The summed E-state index contributed by atoms with van der Waals surface area (Å²) in [5.41, 5.74) is 6.40. The zero-order valence-electron chi connectivity index (χ0n) is 8.84. The first-order chi connectivity index (χ1) is 7.58. The predicted octanol–water partition coefficient (Wildman–Crippen LogP) is 0.462. The maximum absolute atomic E-state index is 10.8. The molecule has 1 aromatic rings. The van der Waals surface area contributed by atoms with Crippen molar-refractivity contribution in [2.24, 2.45) is 5.73 Å². The molecule has 0 bridgehead atoms. The highest BCUT2D eigenvalue weighted by molar-refractivity contribution is 5.79. The van der Waals surface area contributed by atoms with Crippen molar-refractivity contribution < 1.29 is 19.4 Å². The summed E-state index contributed by atoms with van der Waals surface area (Å²) in [5.74, 6) is -0.539. The van der Waals surface area contributed by atoms with Crippen molar-refractivity contribution in [2.75, 3.05) is 7.11 Å². The van der Waals surface area contributed by atoms with Crippen molar-refractivity contribution in [1.29, 1.82) is 0 Å². The van der Waals surface area contributed by atoms with Gasteiger partial charge in [-0.2, -0.15) is 0 Å². The number of benzene rings is 1. The van der Waals surface area contributed by atoms with E-state index >= 15 is 0 Å². The second kappa shape index (κ2) is 5.27. The van der Waals surface area contributed by atoms with E-state index in [1.54, 1.807) is 18.2 Å². The maximum Gasteiger partial charge on any atom is 0.320 e. The van der Waals surface area contributed by atoms with Crippen LogP contribution in [0, 0.1) is 0 Å². The highest BCUT2D eigenvalue weighted by atomic mass is 16.5. The highest BCUT2D eigenvalue weighted by Crippen LogP contribution is 2.17. The molecule has 1 rings (SSSR count). The van der Waals surface area contributed by atoms with E-state index in [4.69, 9.17) is 15.6 Å². The van der Waals surface area contributed by atoms with Gasteiger partial charge < -0.3 is 15.6 Å². The van der Waals surface area contributed by atoms with Gasteiger partial charge in [-0.1, -0.05) is 6.07 Å². The molecule has 0 fully saturated rings. The van der Waals surface area contributed by atoms with Gasteiger partial charge in [-0.3, -0.25) is 9.59 Å². The number of aldehydes is 1. The van der Waals surface area contributed by atoms with Crippen LogP contribution in [0.25, 0.3) is 0 Å². The van der Waals surface area contributed by atoms with Gasteiger partial charge in [0.25, 0.3) is 0 Å². The van der Waals surface area contributed by atoms with Gasteiger partial charge in [0.1, 0.15) is 18.1 Å². The summed E-state index contributed by atoms with van der Waals surface area (Å²) in [4.78, 5) is 21.4. The lowest BCUT2D eigenvalue weighted by Crippen LogP contribution is -2.32. The minimum atomic E-state index is -1.09. The molecule has 0 spiro atoms. The molecule has 0 aromatic heterocycles. The average Bonchev–Trinajstić information content (AvgIpc) is 2.29. The van der Waals surface area contributed by atoms with E-state index in [0.717, 1.165) is 0 Å². The lowest BCUT2D eigenvalue weighted by atomic mass is 10.0. The van der Waals surface area contributed by atoms with Gasteiger partial charge in [0.15, 0.2) is 0 Å². The lowest BCUT2D eigenvalue weighted by Gasteiger charge is -2.09. The summed E-state index contributed by atoms with van der Waals surface area (Å²) < 4.78 is 4.96. The fourth-order valence-electron chi connectivity index (χ4n) is 1.32. The second-order valence-electron chi connectivity index (χ2n) is 3.33. The Balaban J connectivity index is 2.95. The number of ether oxygens (including phenoxy) is 1. The molecule has 3 N–H and O–H groups in total. The number of carboxylic acid groups (broad SMARTS) is 1. The molecule has 16 heavy (non-hydrogen) atoms. The minimum absolute atomic E-state index is 0.118. The molecule has 1 aromatic carbocycles. The first-order valence-corrected chi connectivity index (χ1v) is 4.69. The van der Waals surface area contributed by atoms with Gasteiger partial charge in [0.2, 0.25) is 0 Å². The third-order valence-corrected chi connectivity index (χ3v) is 2.24. The summed E-state index contributed by atoms with van der Waals surface area (Å²) in [6.07, 6.45) is 0.778. The third kappa shape index (κ3) is 2.80. The second-order valence-corrected chi connectivity index (χ2v) is 3.33. The summed E-state index contributed by atoms with van der Waals surface area (Å²) in [5, 5.41) is 8.67. The molecule has 0 aliphatic heterocycles. The minimum Gasteiger partial charge on any atom is -0.497 e. The van der Waals surface area contributed by atoms with Crippen molar-refractivity contribution in [3.05, 3.63) is 29.3 Å². The summed E-state index contributed by atoms with van der Waals surface area (Å²) in [6.45, 7) is 0. The fraction of sp³-hybridized carbons (Fsp3) is 0.273. The standard InChI is InChI=1S/C11H13NO4/c1-16-9-3-2-7(8(4-9)6-13)5-10(12)11(14)15/h2-4,6,10H,5,12H2,1H3,(H,14,15). The van der Waals surface area contributed by atoms with E-state index in [-0.39, 0.29) is 6.42 Å². The Hall–Kier alpha value is -1.88. The third-order valence-electron chi connectivity index (χ3n) is 2.24. The van der Waals surface area contributed by atoms with Crippen molar-refractivity contribution in [3.8, 4) is 5.75 Å². The molecule has 86 valence electrons. The molecule has 0 saturated carbocycles. The van der Waals surface area contributed by atoms with Crippen LogP contribution < -0.4 is 10.5 Å². The predicted molar refractivity (Wildman–Crippen MR) is 57.7 cm³/mol. The van der Waals surface area contributed by atoms with Crippen LogP contribution in [0.2, 0.25) is 0 Å². The Kier molecular flexibility index (Phi) is 4.02. The van der Waals surface area contributed by atoms with Crippen LogP contribution in [0.15, 0.2) is 18.2 Å².